The van der Waals surface area contributed by atoms with Crippen molar-refractivity contribution in [2.75, 3.05) is 0 Å². The van der Waals surface area contributed by atoms with Crippen LogP contribution in [-0.2, 0) is 11.2 Å². The minimum Gasteiger partial charge on any atom is -0.481 e. The highest BCUT2D eigenvalue weighted by Crippen LogP contribution is 2.30. The Balaban J connectivity index is 1.49. The van der Waals surface area contributed by atoms with Gasteiger partial charge in [-0.15, -0.1) is 0 Å². The first kappa shape index (κ1) is 20.7. The number of furan rings is 1. The lowest BCUT2D eigenvalue weighted by Gasteiger charge is -2.13. The number of nitrogens with zero attached hydrogens (tertiary/aromatic N) is 1. The summed E-state index contributed by atoms with van der Waals surface area (Å²) in [5.74, 6) is -1.49. The summed E-state index contributed by atoms with van der Waals surface area (Å²) in [7, 11) is 0. The Morgan fingerprint density at radius 1 is 1.00 bits per heavy atom. The third-order valence-electron chi connectivity index (χ3n) is 5.76. The molecule has 1 aromatic heterocycles. The first-order valence-corrected chi connectivity index (χ1v) is 10.5. The fourth-order valence-electron chi connectivity index (χ4n) is 3.98. The number of aliphatic carboxylic acids is 1. The molecule has 0 saturated carbocycles. The van der Waals surface area contributed by atoms with Crippen molar-refractivity contribution >= 4 is 33.6 Å². The largest absolute Gasteiger partial charge is 0.481 e. The maximum Gasteiger partial charge on any atom is 0.306 e. The second-order valence-electron chi connectivity index (χ2n) is 7.97. The molecule has 1 heterocycles. The number of rotatable bonds is 8. The van der Waals surface area contributed by atoms with Gasteiger partial charge >= 0.3 is 5.97 Å². The minimum atomic E-state index is -0.875. The average molecular weight is 415 g/mol. The fourth-order valence-corrected chi connectivity index (χ4v) is 3.98. The molecule has 4 aromatic rings. The van der Waals surface area contributed by atoms with E-state index in [1.165, 1.54) is 11.1 Å². The molecule has 5 nitrogen and oxygen atoms in total. The van der Waals surface area contributed by atoms with Crippen molar-refractivity contribution in [2.45, 2.75) is 32.6 Å². The Morgan fingerprint density at radius 3 is 2.48 bits per heavy atom. The van der Waals surface area contributed by atoms with Gasteiger partial charge in [-0.3, -0.25) is 4.79 Å². The van der Waals surface area contributed by atoms with E-state index in [9.17, 15) is 15.1 Å². The van der Waals surface area contributed by atoms with Gasteiger partial charge < -0.3 is 14.7 Å². The maximum atomic E-state index is 11.9. The van der Waals surface area contributed by atoms with Gasteiger partial charge in [0, 0.05) is 22.8 Å². The van der Waals surface area contributed by atoms with Crippen molar-refractivity contribution in [3.05, 3.63) is 83.4 Å². The molecule has 4 rings (SSSR count). The standard InChI is InChI=1S/C26H25NO4/c1-17-9-11-18(12-10-17)5-4-6-20(26(28)29)16-23(27-30)19-13-14-25-22(15-19)21-7-2-3-8-24(21)31-25/h2-3,7-15,20,30H,4-6,16H2,1H3,(H,28,29). The molecule has 0 fully saturated rings. The van der Waals surface area contributed by atoms with Crippen molar-refractivity contribution in [1.29, 1.82) is 0 Å². The summed E-state index contributed by atoms with van der Waals surface area (Å²) < 4.78 is 5.85. The third-order valence-corrected chi connectivity index (χ3v) is 5.76. The van der Waals surface area contributed by atoms with E-state index in [-0.39, 0.29) is 6.42 Å². The van der Waals surface area contributed by atoms with E-state index in [1.807, 2.05) is 49.4 Å². The number of fused-ring (bicyclic) bond motifs is 3. The monoisotopic (exact) mass is 415 g/mol. The van der Waals surface area contributed by atoms with Crippen LogP contribution in [0.1, 0.15) is 36.0 Å². The third kappa shape index (κ3) is 4.61. The summed E-state index contributed by atoms with van der Waals surface area (Å²) in [5.41, 5.74) is 5.01. The van der Waals surface area contributed by atoms with E-state index in [0.717, 1.165) is 34.8 Å². The number of para-hydroxylation sites is 1. The molecule has 1 atom stereocenters. The molecule has 0 aliphatic heterocycles. The van der Waals surface area contributed by atoms with Gasteiger partial charge in [0.25, 0.3) is 0 Å². The molecule has 2 N–H and O–H groups in total. The molecule has 0 bridgehead atoms. The Morgan fingerprint density at radius 2 is 1.74 bits per heavy atom. The van der Waals surface area contributed by atoms with Gasteiger partial charge in [0.05, 0.1) is 11.6 Å². The summed E-state index contributed by atoms with van der Waals surface area (Å²) >= 11 is 0. The van der Waals surface area contributed by atoms with E-state index in [0.29, 0.717) is 17.7 Å². The van der Waals surface area contributed by atoms with Gasteiger partial charge in [0.2, 0.25) is 0 Å². The van der Waals surface area contributed by atoms with Crippen LogP contribution in [0.5, 0.6) is 0 Å². The molecule has 5 heteroatoms. The van der Waals surface area contributed by atoms with E-state index < -0.39 is 11.9 Å². The smallest absolute Gasteiger partial charge is 0.306 e. The zero-order valence-corrected chi connectivity index (χ0v) is 17.4. The molecule has 0 amide bonds. The summed E-state index contributed by atoms with van der Waals surface area (Å²) in [6, 6.07) is 21.6. The van der Waals surface area contributed by atoms with E-state index in [1.54, 1.807) is 0 Å². The number of hydrogen-bond acceptors (Lipinski definition) is 4. The molecule has 0 radical (unpaired) electrons. The highest BCUT2D eigenvalue weighted by atomic mass is 16.4. The van der Waals surface area contributed by atoms with Crippen molar-refractivity contribution < 1.29 is 19.5 Å². The number of carboxylic acid groups (broad SMARTS) is 1. The van der Waals surface area contributed by atoms with Crippen LogP contribution in [0, 0.1) is 12.8 Å². The van der Waals surface area contributed by atoms with E-state index in [4.69, 9.17) is 4.42 Å². The molecule has 158 valence electrons. The van der Waals surface area contributed by atoms with Crippen LogP contribution in [0.3, 0.4) is 0 Å². The number of aryl methyl sites for hydroxylation is 2. The highest BCUT2D eigenvalue weighted by molar-refractivity contribution is 6.10. The summed E-state index contributed by atoms with van der Waals surface area (Å²) in [5, 5.41) is 24.7. The van der Waals surface area contributed by atoms with E-state index in [2.05, 4.69) is 29.4 Å². The van der Waals surface area contributed by atoms with Crippen LogP contribution in [0.15, 0.2) is 76.3 Å². The molecule has 0 saturated heterocycles. The Bertz CT molecular complexity index is 1240. The number of carbonyl (C=O) groups is 1. The predicted octanol–water partition coefficient (Wildman–Crippen LogP) is 6.19. The highest BCUT2D eigenvalue weighted by Gasteiger charge is 2.22. The maximum absolute atomic E-state index is 11.9. The first-order valence-electron chi connectivity index (χ1n) is 10.5. The normalized spacial score (nSPS) is 13.0. The van der Waals surface area contributed by atoms with Gasteiger partial charge in [-0.25, -0.2) is 0 Å². The van der Waals surface area contributed by atoms with E-state index >= 15 is 0 Å². The second-order valence-corrected chi connectivity index (χ2v) is 7.97. The lowest BCUT2D eigenvalue weighted by atomic mass is 9.91. The van der Waals surface area contributed by atoms with Gasteiger partial charge in [-0.05, 0) is 56.0 Å². The average Bonchev–Trinajstić information content (AvgIpc) is 3.15. The van der Waals surface area contributed by atoms with Crippen molar-refractivity contribution in [2.24, 2.45) is 11.1 Å². The van der Waals surface area contributed by atoms with Crippen LogP contribution in [-0.4, -0.2) is 22.0 Å². The van der Waals surface area contributed by atoms with Crippen LogP contribution in [0.25, 0.3) is 21.9 Å². The topological polar surface area (TPSA) is 83.0 Å². The molecular weight excluding hydrogens is 390 g/mol. The minimum absolute atomic E-state index is 0.168. The fraction of sp³-hybridized carbons (Fsp3) is 0.231. The Kier molecular flexibility index (Phi) is 6.03. The second kappa shape index (κ2) is 9.04. The Hall–Kier alpha value is -3.60. The molecule has 3 aromatic carbocycles. The quantitative estimate of drug-likeness (QED) is 0.204. The summed E-state index contributed by atoms with van der Waals surface area (Å²) in [6.07, 6.45) is 2.26. The number of carboxylic acids is 1. The summed E-state index contributed by atoms with van der Waals surface area (Å²) in [6.45, 7) is 2.05. The molecule has 31 heavy (non-hydrogen) atoms. The molecule has 0 aliphatic carbocycles. The van der Waals surface area contributed by atoms with Gasteiger partial charge in [-0.1, -0.05) is 53.2 Å². The number of oxime groups is 1. The van der Waals surface area contributed by atoms with Crippen LogP contribution in [0.2, 0.25) is 0 Å². The van der Waals surface area contributed by atoms with Gasteiger partial charge in [-0.2, -0.15) is 0 Å². The van der Waals surface area contributed by atoms with Crippen molar-refractivity contribution in [3.63, 3.8) is 0 Å². The first-order chi connectivity index (χ1) is 15.0. The van der Waals surface area contributed by atoms with Crippen molar-refractivity contribution in [1.82, 2.24) is 0 Å². The molecular formula is C26H25NO4. The van der Waals surface area contributed by atoms with Gasteiger partial charge in [0.15, 0.2) is 0 Å². The zero-order valence-electron chi connectivity index (χ0n) is 17.4. The molecule has 1 unspecified atom stereocenters. The van der Waals surface area contributed by atoms with Crippen LogP contribution < -0.4 is 0 Å². The zero-order chi connectivity index (χ0) is 21.8. The SMILES string of the molecule is Cc1ccc(CCCC(CC(=NO)c2ccc3oc4ccccc4c3c2)C(=O)O)cc1. The lowest BCUT2D eigenvalue weighted by Crippen LogP contribution is -2.19. The number of hydrogen-bond donors (Lipinski definition) is 2. The number of benzene rings is 3. The lowest BCUT2D eigenvalue weighted by molar-refractivity contribution is -0.141. The van der Waals surface area contributed by atoms with Crippen molar-refractivity contribution in [3.8, 4) is 0 Å². The Labute approximate surface area is 180 Å². The summed E-state index contributed by atoms with van der Waals surface area (Å²) in [4.78, 5) is 11.9. The molecule has 0 aliphatic rings. The predicted molar refractivity (Wildman–Crippen MR) is 122 cm³/mol. The van der Waals surface area contributed by atoms with Crippen LogP contribution in [0.4, 0.5) is 0 Å². The van der Waals surface area contributed by atoms with Crippen LogP contribution >= 0.6 is 0 Å². The molecule has 0 spiro atoms. The van der Waals surface area contributed by atoms with Gasteiger partial charge in [0.1, 0.15) is 11.2 Å².